The Balaban J connectivity index is 5.00. The van der Waals surface area contributed by atoms with E-state index >= 15 is 0 Å². The van der Waals surface area contributed by atoms with E-state index in [0.717, 1.165) is 0 Å². The lowest BCUT2D eigenvalue weighted by Gasteiger charge is -2.38. The van der Waals surface area contributed by atoms with Crippen LogP contribution in [0.15, 0.2) is 11.8 Å². The van der Waals surface area contributed by atoms with Gasteiger partial charge < -0.3 is 14.6 Å². The lowest BCUT2D eigenvalue weighted by Crippen LogP contribution is -2.42. The Morgan fingerprint density at radius 1 is 1.33 bits per heavy atom. The molecule has 18 heavy (non-hydrogen) atoms. The number of carboxylic acid groups (broad SMARTS) is 1. The minimum absolute atomic E-state index is 0.0369. The largest absolute Gasteiger partial charge is 0.546 e. The van der Waals surface area contributed by atoms with Crippen molar-refractivity contribution in [1.29, 1.82) is 0 Å². The van der Waals surface area contributed by atoms with E-state index in [0.29, 0.717) is 5.76 Å². The molecule has 0 fully saturated rings. The highest BCUT2D eigenvalue weighted by atomic mass is 28.4. The van der Waals surface area contributed by atoms with Crippen molar-refractivity contribution in [2.75, 3.05) is 0 Å². The van der Waals surface area contributed by atoms with Gasteiger partial charge in [0, 0.05) is 5.92 Å². The summed E-state index contributed by atoms with van der Waals surface area (Å²) in [5.74, 6) is -1.20. The lowest BCUT2D eigenvalue weighted by atomic mass is 10.0. The third kappa shape index (κ3) is 4.14. The molecule has 0 rings (SSSR count). The number of rotatable bonds is 5. The Morgan fingerprint density at radius 3 is 2.06 bits per heavy atom. The van der Waals surface area contributed by atoms with Crippen molar-refractivity contribution in [1.82, 2.24) is 0 Å². The summed E-state index contributed by atoms with van der Waals surface area (Å²) < 4.78 is 6.06. The van der Waals surface area contributed by atoms with Crippen LogP contribution in [0.4, 0.5) is 0 Å². The van der Waals surface area contributed by atoms with Crippen molar-refractivity contribution in [2.24, 2.45) is 5.92 Å². The van der Waals surface area contributed by atoms with E-state index in [1.165, 1.54) is 0 Å². The van der Waals surface area contributed by atoms with Gasteiger partial charge in [-0.25, -0.2) is 4.79 Å². The first-order valence-electron chi connectivity index (χ1n) is 6.20. The minimum Gasteiger partial charge on any atom is -0.546 e. The second-order valence-electron chi connectivity index (χ2n) is 6.13. The van der Waals surface area contributed by atoms with E-state index in [9.17, 15) is 9.90 Å². The molecule has 5 heteroatoms. The summed E-state index contributed by atoms with van der Waals surface area (Å²) >= 11 is 0. The molecule has 0 aromatic heterocycles. The third-order valence-electron chi connectivity index (χ3n) is 3.64. The van der Waals surface area contributed by atoms with Gasteiger partial charge in [-0.2, -0.15) is 0 Å². The van der Waals surface area contributed by atoms with Crippen LogP contribution in [0, 0.1) is 5.92 Å². The molecule has 0 aliphatic heterocycles. The summed E-state index contributed by atoms with van der Waals surface area (Å²) in [6, 6.07) is 0. The quantitative estimate of drug-likeness (QED) is 0.597. The van der Waals surface area contributed by atoms with E-state index in [1.807, 2.05) is 0 Å². The molecule has 0 spiro atoms. The number of aliphatic hydroxyl groups is 1. The molecule has 0 aromatic carbocycles. The summed E-state index contributed by atoms with van der Waals surface area (Å²) in [5, 5.41) is 18.5. The molecular formula is C13H26O4Si. The summed E-state index contributed by atoms with van der Waals surface area (Å²) in [7, 11) is -2.00. The van der Waals surface area contributed by atoms with E-state index in [-0.39, 0.29) is 5.04 Å². The number of carboxylic acids is 1. The second kappa shape index (κ2) is 5.89. The lowest BCUT2D eigenvalue weighted by molar-refractivity contribution is -0.149. The number of carbonyl (C=O) groups is 1. The monoisotopic (exact) mass is 274 g/mol. The van der Waals surface area contributed by atoms with Crippen LogP contribution in [0.1, 0.15) is 34.6 Å². The molecule has 0 heterocycles. The summed E-state index contributed by atoms with van der Waals surface area (Å²) in [6.45, 7) is 14.0. The predicted octanol–water partition coefficient (Wildman–Crippen LogP) is 2.99. The van der Waals surface area contributed by atoms with E-state index in [1.54, 1.807) is 19.9 Å². The average Bonchev–Trinajstić information content (AvgIpc) is 2.22. The van der Waals surface area contributed by atoms with Crippen LogP contribution >= 0.6 is 0 Å². The highest BCUT2D eigenvalue weighted by Gasteiger charge is 2.40. The third-order valence-corrected chi connectivity index (χ3v) is 8.00. The van der Waals surface area contributed by atoms with Crippen molar-refractivity contribution in [2.45, 2.75) is 58.9 Å². The standard InChI is InChI=1S/C13H26O4Si/c1-8-10(9(2)11(14)12(15)16)17-18(6,7)13(3,4)5/h8-9,11,14H,1-7H3,(H,15,16)/b10-8-. The van der Waals surface area contributed by atoms with Crippen molar-refractivity contribution in [3.63, 3.8) is 0 Å². The Kier molecular flexibility index (Phi) is 5.62. The maximum absolute atomic E-state index is 10.8. The molecule has 0 amide bonds. The Labute approximate surface area is 111 Å². The molecule has 2 N–H and O–H groups in total. The van der Waals surface area contributed by atoms with Crippen LogP contribution in [-0.2, 0) is 9.22 Å². The SMILES string of the molecule is C/C=C(\O[Si](C)(C)C(C)(C)C)C(C)C(O)C(=O)O. The van der Waals surface area contributed by atoms with Gasteiger partial charge >= 0.3 is 5.97 Å². The summed E-state index contributed by atoms with van der Waals surface area (Å²) in [6.07, 6.45) is 0.318. The zero-order valence-corrected chi connectivity index (χ0v) is 13.4. The van der Waals surface area contributed by atoms with Gasteiger partial charge in [0.05, 0.1) is 5.76 Å². The number of hydrogen-bond acceptors (Lipinski definition) is 3. The second-order valence-corrected chi connectivity index (χ2v) is 10.8. The summed E-state index contributed by atoms with van der Waals surface area (Å²) in [4.78, 5) is 10.8. The first kappa shape index (κ1) is 17.2. The molecule has 0 aliphatic rings. The first-order chi connectivity index (χ1) is 7.94. The van der Waals surface area contributed by atoms with Crippen LogP contribution in [-0.4, -0.2) is 30.6 Å². The number of aliphatic carboxylic acids is 1. The molecule has 0 aliphatic carbocycles. The molecule has 0 saturated heterocycles. The molecular weight excluding hydrogens is 248 g/mol. The van der Waals surface area contributed by atoms with E-state index in [4.69, 9.17) is 9.53 Å². The molecule has 0 bridgehead atoms. The van der Waals surface area contributed by atoms with Crippen molar-refractivity contribution in [3.8, 4) is 0 Å². The summed E-state index contributed by atoms with van der Waals surface area (Å²) in [5.41, 5.74) is 0. The molecule has 0 aromatic rings. The number of aliphatic hydroxyl groups excluding tert-OH is 1. The maximum Gasteiger partial charge on any atom is 0.333 e. The highest BCUT2D eigenvalue weighted by Crippen LogP contribution is 2.39. The van der Waals surface area contributed by atoms with Gasteiger partial charge in [0.15, 0.2) is 6.10 Å². The van der Waals surface area contributed by atoms with Crippen LogP contribution in [0.2, 0.25) is 18.1 Å². The van der Waals surface area contributed by atoms with Gasteiger partial charge in [0.1, 0.15) is 0 Å². The molecule has 2 atom stereocenters. The van der Waals surface area contributed by atoms with Gasteiger partial charge in [-0.05, 0) is 25.1 Å². The van der Waals surface area contributed by atoms with Crippen LogP contribution in [0.25, 0.3) is 0 Å². The van der Waals surface area contributed by atoms with E-state index < -0.39 is 26.3 Å². The fourth-order valence-corrected chi connectivity index (χ4v) is 2.43. The van der Waals surface area contributed by atoms with Gasteiger partial charge in [-0.3, -0.25) is 0 Å². The van der Waals surface area contributed by atoms with Crippen molar-refractivity contribution < 1.29 is 19.4 Å². The molecule has 4 nitrogen and oxygen atoms in total. The predicted molar refractivity (Wildman–Crippen MR) is 74.8 cm³/mol. The molecule has 106 valence electrons. The highest BCUT2D eigenvalue weighted by molar-refractivity contribution is 6.74. The van der Waals surface area contributed by atoms with Crippen molar-refractivity contribution in [3.05, 3.63) is 11.8 Å². The molecule has 2 unspecified atom stereocenters. The molecule has 0 radical (unpaired) electrons. The molecule has 0 saturated carbocycles. The Bertz CT molecular complexity index is 328. The van der Waals surface area contributed by atoms with Gasteiger partial charge in [-0.1, -0.05) is 33.8 Å². The number of hydrogen-bond donors (Lipinski definition) is 2. The number of allylic oxidation sites excluding steroid dienone is 1. The minimum atomic E-state index is -2.00. The van der Waals surface area contributed by atoms with Crippen LogP contribution < -0.4 is 0 Å². The zero-order chi connectivity index (χ0) is 14.7. The zero-order valence-electron chi connectivity index (χ0n) is 12.4. The normalized spacial score (nSPS) is 17.2. The van der Waals surface area contributed by atoms with E-state index in [2.05, 4.69) is 33.9 Å². The van der Waals surface area contributed by atoms with Gasteiger partial charge in [0.25, 0.3) is 0 Å². The Morgan fingerprint density at radius 2 is 1.78 bits per heavy atom. The topological polar surface area (TPSA) is 66.8 Å². The van der Waals surface area contributed by atoms with Crippen molar-refractivity contribution >= 4 is 14.3 Å². The fraction of sp³-hybridized carbons (Fsp3) is 0.769. The van der Waals surface area contributed by atoms with Crippen LogP contribution in [0.3, 0.4) is 0 Å². The fourth-order valence-electron chi connectivity index (χ4n) is 1.23. The van der Waals surface area contributed by atoms with Crippen LogP contribution in [0.5, 0.6) is 0 Å². The Hall–Kier alpha value is -0.813. The smallest absolute Gasteiger partial charge is 0.333 e. The van der Waals surface area contributed by atoms with Gasteiger partial charge in [-0.15, -0.1) is 0 Å². The first-order valence-corrected chi connectivity index (χ1v) is 9.11. The van der Waals surface area contributed by atoms with Gasteiger partial charge in [0.2, 0.25) is 8.32 Å². The maximum atomic E-state index is 10.8. The average molecular weight is 274 g/mol.